The van der Waals surface area contributed by atoms with Crippen LogP contribution in [0, 0.1) is 0 Å². The Labute approximate surface area is 77.7 Å². The fourth-order valence-electron chi connectivity index (χ4n) is 0.716. The van der Waals surface area contributed by atoms with Gasteiger partial charge in [-0.3, -0.25) is 9.59 Å². The number of rotatable bonds is 5. The first-order chi connectivity index (χ1) is 6.11. The number of primary amides is 1. The van der Waals surface area contributed by atoms with E-state index < -0.39 is 17.9 Å². The molecule has 5 heteroatoms. The molecule has 0 aromatic carbocycles. The maximum absolute atomic E-state index is 10.8. The molecule has 0 fully saturated rings. The molecule has 0 rings (SSSR count). The van der Waals surface area contributed by atoms with Crippen molar-refractivity contribution in [2.75, 3.05) is 12.0 Å². The summed E-state index contributed by atoms with van der Waals surface area (Å²) in [6.45, 7) is -0.372. The molecule has 4 nitrogen and oxygen atoms in total. The van der Waals surface area contributed by atoms with Gasteiger partial charge in [0.2, 0.25) is 11.8 Å². The van der Waals surface area contributed by atoms with Gasteiger partial charge >= 0.3 is 0 Å². The van der Waals surface area contributed by atoms with Crippen LogP contribution < -0.4 is 11.1 Å². The molecule has 0 aliphatic rings. The average Bonchev–Trinajstić information content (AvgIpc) is 2.11. The van der Waals surface area contributed by atoms with Crippen LogP contribution in [0.15, 0.2) is 0 Å². The van der Waals surface area contributed by atoms with Crippen molar-refractivity contribution in [3.8, 4) is 0 Å². The number of nitrogens with two attached hydrogens (primary N) is 1. The molecule has 70 valence electrons. The second kappa shape index (κ2) is 5.88. The van der Waals surface area contributed by atoms with Gasteiger partial charge in [-0.25, -0.2) is 0 Å². The summed E-state index contributed by atoms with van der Waals surface area (Å²) in [6, 6.07) is -0.634. The second-order valence-corrected chi connectivity index (χ2v) is 3.29. The van der Waals surface area contributed by atoms with E-state index in [0.717, 1.165) is 5.75 Å². The molecule has 0 saturated heterocycles. The predicted octanol–water partition coefficient (Wildman–Crippen LogP) is -0.271. The summed E-state index contributed by atoms with van der Waals surface area (Å²) in [5.41, 5.74) is 5.06. The van der Waals surface area contributed by atoms with Crippen molar-refractivity contribution in [3.63, 3.8) is 0 Å². The van der Waals surface area contributed by atoms with Gasteiger partial charge in [0.05, 0.1) is 0 Å². The van der Waals surface area contributed by atoms with Crippen LogP contribution in [-0.4, -0.2) is 29.9 Å². The zero-order valence-electron chi connectivity index (χ0n) is 8.00. The molecule has 0 aromatic heterocycles. The van der Waals surface area contributed by atoms with Crippen LogP contribution in [0.25, 0.3) is 0 Å². The molecular formula is C7H14N2O2S. The van der Waals surface area contributed by atoms with Crippen molar-refractivity contribution in [1.82, 2.24) is 5.32 Å². The summed E-state index contributed by atoms with van der Waals surface area (Å²) in [5, 5.41) is 2.39. The van der Waals surface area contributed by atoms with E-state index in [1.165, 1.54) is 0 Å². The molecule has 0 saturated carbocycles. The third kappa shape index (κ3) is 5.01. The molecule has 0 aliphatic carbocycles. The van der Waals surface area contributed by atoms with Crippen LogP contribution >= 0.6 is 11.8 Å². The molecule has 2 amide bonds. The van der Waals surface area contributed by atoms with Gasteiger partial charge in [-0.05, 0) is 18.4 Å². The van der Waals surface area contributed by atoms with Crippen molar-refractivity contribution >= 4 is 23.6 Å². The van der Waals surface area contributed by atoms with E-state index >= 15 is 0 Å². The van der Waals surface area contributed by atoms with Gasteiger partial charge in [0.1, 0.15) is 6.04 Å². The average molecular weight is 191 g/mol. The van der Waals surface area contributed by atoms with Crippen molar-refractivity contribution < 1.29 is 11.0 Å². The van der Waals surface area contributed by atoms with E-state index in [-0.39, 0.29) is 6.90 Å². The zero-order valence-corrected chi connectivity index (χ0v) is 7.82. The standard InChI is InChI=1S/C7H14N2O2S/c1-5(10)9-6(7(8)11)3-4-12-2/h6H,3-4H2,1-2H3,(H2,8,11)(H,9,10)/t6-/m0/s1/i1D. The summed E-state index contributed by atoms with van der Waals surface area (Å²) in [5.74, 6) is -0.257. The third-order valence-corrected chi connectivity index (χ3v) is 1.93. The van der Waals surface area contributed by atoms with E-state index in [1.54, 1.807) is 11.8 Å². The minimum atomic E-state index is -0.634. The lowest BCUT2D eigenvalue weighted by molar-refractivity contribution is -0.126. The Bertz CT molecular complexity index is 189. The van der Waals surface area contributed by atoms with Crippen LogP contribution in [0.1, 0.15) is 14.7 Å². The first-order valence-corrected chi connectivity index (χ1v) is 4.88. The molecule has 0 aromatic rings. The monoisotopic (exact) mass is 191 g/mol. The van der Waals surface area contributed by atoms with E-state index in [0.29, 0.717) is 6.42 Å². The Balaban J connectivity index is 3.94. The quantitative estimate of drug-likeness (QED) is 0.628. The normalized spacial score (nSPS) is 13.2. The van der Waals surface area contributed by atoms with Gasteiger partial charge in [-0.2, -0.15) is 11.8 Å². The van der Waals surface area contributed by atoms with Crippen molar-refractivity contribution in [2.45, 2.75) is 19.4 Å². The number of hydrogen-bond donors (Lipinski definition) is 2. The fourth-order valence-corrected chi connectivity index (χ4v) is 1.19. The molecule has 0 bridgehead atoms. The Morgan fingerprint density at radius 1 is 1.75 bits per heavy atom. The van der Waals surface area contributed by atoms with Crippen LogP contribution in [0.2, 0.25) is 0 Å². The van der Waals surface area contributed by atoms with Crippen LogP contribution in [0.4, 0.5) is 0 Å². The Morgan fingerprint density at radius 3 is 2.83 bits per heavy atom. The number of amides is 2. The van der Waals surface area contributed by atoms with E-state index in [4.69, 9.17) is 7.10 Å². The van der Waals surface area contributed by atoms with E-state index in [2.05, 4.69) is 5.32 Å². The van der Waals surface area contributed by atoms with Gasteiger partial charge in [-0.1, -0.05) is 0 Å². The highest BCUT2D eigenvalue weighted by Crippen LogP contribution is 1.99. The van der Waals surface area contributed by atoms with Gasteiger partial charge < -0.3 is 11.1 Å². The molecule has 0 unspecified atom stereocenters. The SMILES string of the molecule is [2H]CC(=O)N[C@@H](CCSC)C(N)=O. The van der Waals surface area contributed by atoms with Gasteiger partial charge in [-0.15, -0.1) is 0 Å². The molecular weight excluding hydrogens is 176 g/mol. The van der Waals surface area contributed by atoms with Crippen molar-refractivity contribution in [2.24, 2.45) is 5.73 Å². The number of hydrogen-bond acceptors (Lipinski definition) is 3. The van der Waals surface area contributed by atoms with Gasteiger partial charge in [0.15, 0.2) is 0 Å². The minimum absolute atomic E-state index is 0.372. The highest BCUT2D eigenvalue weighted by molar-refractivity contribution is 7.98. The number of carbonyl (C=O) groups excluding carboxylic acids is 2. The third-order valence-electron chi connectivity index (χ3n) is 1.29. The lowest BCUT2D eigenvalue weighted by Crippen LogP contribution is -2.43. The van der Waals surface area contributed by atoms with Crippen LogP contribution in [0.5, 0.6) is 0 Å². The van der Waals surface area contributed by atoms with Crippen molar-refractivity contribution in [1.29, 1.82) is 0 Å². The zero-order chi connectivity index (χ0) is 10.3. The lowest BCUT2D eigenvalue weighted by atomic mass is 10.2. The number of carbonyl (C=O) groups is 2. The van der Waals surface area contributed by atoms with Crippen LogP contribution in [0.3, 0.4) is 0 Å². The highest BCUT2D eigenvalue weighted by atomic mass is 32.2. The van der Waals surface area contributed by atoms with Gasteiger partial charge in [0.25, 0.3) is 0 Å². The van der Waals surface area contributed by atoms with Gasteiger partial charge in [0, 0.05) is 8.27 Å². The summed E-state index contributed by atoms with van der Waals surface area (Å²) >= 11 is 1.58. The van der Waals surface area contributed by atoms with Crippen LogP contribution in [-0.2, 0) is 9.59 Å². The fraction of sp³-hybridized carbons (Fsp3) is 0.714. The topological polar surface area (TPSA) is 72.2 Å². The largest absolute Gasteiger partial charge is 0.368 e. The van der Waals surface area contributed by atoms with E-state index in [9.17, 15) is 9.59 Å². The summed E-state index contributed by atoms with van der Waals surface area (Å²) in [4.78, 5) is 21.6. The molecule has 0 aliphatic heterocycles. The molecule has 0 heterocycles. The molecule has 1 atom stereocenters. The second-order valence-electron chi connectivity index (χ2n) is 2.30. The summed E-state index contributed by atoms with van der Waals surface area (Å²) in [6.07, 6.45) is 2.42. The molecule has 0 spiro atoms. The summed E-state index contributed by atoms with van der Waals surface area (Å²) < 4.78 is 6.75. The minimum Gasteiger partial charge on any atom is -0.368 e. The molecule has 12 heavy (non-hydrogen) atoms. The maximum atomic E-state index is 10.8. The van der Waals surface area contributed by atoms with Crippen molar-refractivity contribution in [3.05, 3.63) is 0 Å². The predicted molar refractivity (Wildman–Crippen MR) is 49.8 cm³/mol. The Morgan fingerprint density at radius 2 is 2.42 bits per heavy atom. The molecule has 3 N–H and O–H groups in total. The molecule has 0 radical (unpaired) electrons. The Hall–Kier alpha value is -0.710. The lowest BCUT2D eigenvalue weighted by Gasteiger charge is -2.12. The smallest absolute Gasteiger partial charge is 0.240 e. The number of nitrogens with one attached hydrogen (secondary N) is 1. The maximum Gasteiger partial charge on any atom is 0.240 e. The number of thioether (sulfide) groups is 1. The first kappa shape index (κ1) is 9.38. The Kier molecular flexibility index (Phi) is 4.60. The first-order valence-electron chi connectivity index (χ1n) is 4.19. The summed E-state index contributed by atoms with van der Waals surface area (Å²) in [7, 11) is 0. The highest BCUT2D eigenvalue weighted by Gasteiger charge is 2.14. The van der Waals surface area contributed by atoms with E-state index in [1.807, 2.05) is 6.26 Å².